The molecule has 0 aromatic heterocycles. The molecule has 1 aromatic rings. The summed E-state index contributed by atoms with van der Waals surface area (Å²) in [5, 5.41) is 0. The lowest BCUT2D eigenvalue weighted by molar-refractivity contribution is 0.0599. The van der Waals surface area contributed by atoms with E-state index in [1.165, 1.54) is 4.90 Å². The molecule has 20 heavy (non-hydrogen) atoms. The van der Waals surface area contributed by atoms with E-state index >= 15 is 0 Å². The summed E-state index contributed by atoms with van der Waals surface area (Å²) in [4.78, 5) is 28.4. The predicted molar refractivity (Wildman–Crippen MR) is 76.4 cm³/mol. The molecule has 1 saturated heterocycles. The van der Waals surface area contributed by atoms with Gasteiger partial charge in [-0.25, -0.2) is 0 Å². The van der Waals surface area contributed by atoms with Gasteiger partial charge in [0.1, 0.15) is 0 Å². The number of amides is 2. The van der Waals surface area contributed by atoms with Crippen LogP contribution in [0.25, 0.3) is 0 Å². The van der Waals surface area contributed by atoms with E-state index in [4.69, 9.17) is 5.73 Å². The number of piperidine rings is 1. The van der Waals surface area contributed by atoms with E-state index in [0.717, 1.165) is 25.9 Å². The fourth-order valence-corrected chi connectivity index (χ4v) is 3.21. The Morgan fingerprint density at radius 3 is 2.80 bits per heavy atom. The monoisotopic (exact) mass is 273 g/mol. The van der Waals surface area contributed by atoms with Crippen LogP contribution in [0.4, 0.5) is 5.69 Å². The summed E-state index contributed by atoms with van der Waals surface area (Å²) in [7, 11) is 2.08. The van der Waals surface area contributed by atoms with Crippen LogP contribution < -0.4 is 5.73 Å². The molecule has 5 nitrogen and oxygen atoms in total. The van der Waals surface area contributed by atoms with Crippen molar-refractivity contribution in [3.8, 4) is 0 Å². The van der Waals surface area contributed by atoms with E-state index in [9.17, 15) is 9.59 Å². The van der Waals surface area contributed by atoms with E-state index in [1.54, 1.807) is 18.2 Å². The number of nitrogens with two attached hydrogens (primary N) is 1. The van der Waals surface area contributed by atoms with Crippen molar-refractivity contribution in [2.24, 2.45) is 5.92 Å². The number of carbonyl (C=O) groups excluding carboxylic acids is 2. The number of imide groups is 1. The standard InChI is InChI=1S/C15H19N3O2/c1-17-7-3-4-10(8-17)9-18-14(19)11-5-2-6-12(16)13(11)15(18)20/h2,5-6,10H,3-4,7-9,16H2,1H3. The highest BCUT2D eigenvalue weighted by Crippen LogP contribution is 2.29. The molecule has 2 aliphatic heterocycles. The van der Waals surface area contributed by atoms with E-state index in [0.29, 0.717) is 29.3 Å². The first-order valence-electron chi connectivity index (χ1n) is 7.01. The molecule has 0 aliphatic carbocycles. The zero-order chi connectivity index (χ0) is 14.3. The van der Waals surface area contributed by atoms with Gasteiger partial charge < -0.3 is 10.6 Å². The summed E-state index contributed by atoms with van der Waals surface area (Å²) >= 11 is 0. The molecule has 1 atom stereocenters. The highest BCUT2D eigenvalue weighted by Gasteiger charge is 2.38. The first-order chi connectivity index (χ1) is 9.58. The SMILES string of the molecule is CN1CCCC(CN2C(=O)c3cccc(N)c3C2=O)C1. The summed E-state index contributed by atoms with van der Waals surface area (Å²) in [6.45, 7) is 2.52. The van der Waals surface area contributed by atoms with E-state index in [2.05, 4.69) is 11.9 Å². The molecular weight excluding hydrogens is 254 g/mol. The average molecular weight is 273 g/mol. The Labute approximate surface area is 118 Å². The summed E-state index contributed by atoms with van der Waals surface area (Å²) in [6, 6.07) is 5.07. The molecule has 1 unspecified atom stereocenters. The van der Waals surface area contributed by atoms with Crippen molar-refractivity contribution in [1.82, 2.24) is 9.80 Å². The molecule has 0 radical (unpaired) electrons. The average Bonchev–Trinajstić information content (AvgIpc) is 2.65. The van der Waals surface area contributed by atoms with E-state index in [-0.39, 0.29) is 11.8 Å². The topological polar surface area (TPSA) is 66.6 Å². The number of nitrogens with zero attached hydrogens (tertiary/aromatic N) is 2. The summed E-state index contributed by atoms with van der Waals surface area (Å²) in [5.74, 6) is -0.0842. The van der Waals surface area contributed by atoms with Crippen LogP contribution in [0.2, 0.25) is 0 Å². The lowest BCUT2D eigenvalue weighted by Crippen LogP contribution is -2.41. The van der Waals surface area contributed by atoms with Crippen LogP contribution >= 0.6 is 0 Å². The Hall–Kier alpha value is -1.88. The minimum Gasteiger partial charge on any atom is -0.398 e. The van der Waals surface area contributed by atoms with Crippen molar-refractivity contribution >= 4 is 17.5 Å². The minimum atomic E-state index is -0.240. The van der Waals surface area contributed by atoms with Gasteiger partial charge in [-0.2, -0.15) is 0 Å². The molecule has 0 spiro atoms. The maximum Gasteiger partial charge on any atom is 0.263 e. The maximum atomic E-state index is 12.4. The molecule has 2 heterocycles. The van der Waals surface area contributed by atoms with Crippen LogP contribution in [-0.4, -0.2) is 48.3 Å². The fraction of sp³-hybridized carbons (Fsp3) is 0.467. The van der Waals surface area contributed by atoms with Gasteiger partial charge in [0.15, 0.2) is 0 Å². The second-order valence-electron chi connectivity index (χ2n) is 5.76. The van der Waals surface area contributed by atoms with Crippen LogP contribution in [0.1, 0.15) is 33.6 Å². The van der Waals surface area contributed by atoms with E-state index in [1.807, 2.05) is 0 Å². The van der Waals surface area contributed by atoms with Crippen molar-refractivity contribution in [2.75, 3.05) is 32.4 Å². The first-order valence-corrected chi connectivity index (χ1v) is 7.01. The molecule has 106 valence electrons. The van der Waals surface area contributed by atoms with Gasteiger partial charge in [-0.3, -0.25) is 14.5 Å². The Morgan fingerprint density at radius 1 is 1.30 bits per heavy atom. The predicted octanol–water partition coefficient (Wildman–Crippen LogP) is 1.21. The van der Waals surface area contributed by atoms with Crippen LogP contribution in [0.5, 0.6) is 0 Å². The zero-order valence-corrected chi connectivity index (χ0v) is 11.6. The smallest absolute Gasteiger partial charge is 0.263 e. The van der Waals surface area contributed by atoms with Gasteiger partial charge in [0.05, 0.1) is 11.1 Å². The maximum absolute atomic E-state index is 12.4. The summed E-state index contributed by atoms with van der Waals surface area (Å²) in [6.07, 6.45) is 2.18. The minimum absolute atomic E-state index is 0.203. The molecule has 5 heteroatoms. The molecule has 3 rings (SSSR count). The molecule has 1 fully saturated rings. The number of hydrogen-bond acceptors (Lipinski definition) is 4. The van der Waals surface area contributed by atoms with Crippen LogP contribution in [0.3, 0.4) is 0 Å². The van der Waals surface area contributed by atoms with Crippen LogP contribution in [-0.2, 0) is 0 Å². The molecule has 2 aliphatic rings. The van der Waals surface area contributed by atoms with Gasteiger partial charge in [-0.15, -0.1) is 0 Å². The summed E-state index contributed by atoms with van der Waals surface area (Å²) < 4.78 is 0. The van der Waals surface area contributed by atoms with Crippen molar-refractivity contribution in [3.63, 3.8) is 0 Å². The fourth-order valence-electron chi connectivity index (χ4n) is 3.21. The van der Waals surface area contributed by atoms with Crippen molar-refractivity contribution in [2.45, 2.75) is 12.8 Å². The number of rotatable bonds is 2. The number of hydrogen-bond donors (Lipinski definition) is 1. The zero-order valence-electron chi connectivity index (χ0n) is 11.6. The highest BCUT2D eigenvalue weighted by atomic mass is 16.2. The Balaban J connectivity index is 1.81. The number of nitrogen functional groups attached to an aromatic ring is 1. The van der Waals surface area contributed by atoms with Crippen molar-refractivity contribution < 1.29 is 9.59 Å². The van der Waals surface area contributed by atoms with Crippen molar-refractivity contribution in [3.05, 3.63) is 29.3 Å². The largest absolute Gasteiger partial charge is 0.398 e. The third-order valence-corrected chi connectivity index (χ3v) is 4.19. The first kappa shape index (κ1) is 13.1. The molecule has 1 aromatic carbocycles. The van der Waals surface area contributed by atoms with Gasteiger partial charge >= 0.3 is 0 Å². The van der Waals surface area contributed by atoms with Gasteiger partial charge in [0.2, 0.25) is 0 Å². The quantitative estimate of drug-likeness (QED) is 0.649. The van der Waals surface area contributed by atoms with Crippen LogP contribution in [0, 0.1) is 5.92 Å². The third kappa shape index (κ3) is 2.08. The highest BCUT2D eigenvalue weighted by molar-refractivity contribution is 6.23. The second-order valence-corrected chi connectivity index (χ2v) is 5.76. The number of fused-ring (bicyclic) bond motifs is 1. The number of anilines is 1. The van der Waals surface area contributed by atoms with Gasteiger partial charge in [-0.05, 0) is 44.5 Å². The third-order valence-electron chi connectivity index (χ3n) is 4.19. The normalized spacial score (nSPS) is 23.2. The van der Waals surface area contributed by atoms with Crippen molar-refractivity contribution in [1.29, 1.82) is 0 Å². The molecule has 0 saturated carbocycles. The van der Waals surface area contributed by atoms with Gasteiger partial charge in [0, 0.05) is 18.8 Å². The lowest BCUT2D eigenvalue weighted by atomic mass is 9.98. The van der Waals surface area contributed by atoms with E-state index < -0.39 is 0 Å². The molecule has 2 amide bonds. The Kier molecular flexibility index (Phi) is 3.22. The Morgan fingerprint density at radius 2 is 2.10 bits per heavy atom. The van der Waals surface area contributed by atoms with Gasteiger partial charge in [-0.1, -0.05) is 6.07 Å². The molecular formula is C15H19N3O2. The lowest BCUT2D eigenvalue weighted by Gasteiger charge is -2.31. The molecule has 0 bridgehead atoms. The number of likely N-dealkylation sites (tertiary alicyclic amines) is 1. The summed E-state index contributed by atoms with van der Waals surface area (Å²) in [5.41, 5.74) is 7.05. The van der Waals surface area contributed by atoms with Gasteiger partial charge in [0.25, 0.3) is 11.8 Å². The molecule has 2 N–H and O–H groups in total. The Bertz CT molecular complexity index is 570. The van der Waals surface area contributed by atoms with Crippen LogP contribution in [0.15, 0.2) is 18.2 Å². The number of carbonyl (C=O) groups is 2. The second kappa shape index (κ2) is 4.90. The number of benzene rings is 1.